The fraction of sp³-hybridized carbons (Fsp3) is 0.312. The van der Waals surface area contributed by atoms with Crippen LogP contribution >= 0.6 is 0 Å². The Morgan fingerprint density at radius 1 is 1.11 bits per heavy atom. The molecule has 100 valence electrons. The number of aryl methyl sites for hydroxylation is 2. The second-order valence-electron chi connectivity index (χ2n) is 4.78. The Hall–Kier alpha value is -2.03. The Labute approximate surface area is 113 Å². The highest BCUT2D eigenvalue weighted by atomic mass is 16.5. The molecule has 0 atom stereocenters. The largest absolute Gasteiger partial charge is 0.465 e. The van der Waals surface area contributed by atoms with Crippen molar-refractivity contribution < 1.29 is 13.9 Å². The lowest BCUT2D eigenvalue weighted by Gasteiger charge is -2.09. The quantitative estimate of drug-likeness (QED) is 0.777. The number of carbonyl (C=O) groups is 1. The lowest BCUT2D eigenvalue weighted by Crippen LogP contribution is -2.12. The van der Waals surface area contributed by atoms with E-state index in [1.165, 1.54) is 0 Å². The lowest BCUT2D eigenvalue weighted by atomic mass is 10.0. The third kappa shape index (κ3) is 2.70. The Balaban J connectivity index is 2.53. The van der Waals surface area contributed by atoms with E-state index in [4.69, 9.17) is 9.15 Å². The number of carbonyl (C=O) groups excluding carboxylic acids is 1. The molecule has 2 aromatic rings. The average Bonchev–Trinajstić information content (AvgIpc) is 2.64. The molecule has 0 saturated heterocycles. The smallest absolute Gasteiger partial charge is 0.342 e. The van der Waals surface area contributed by atoms with E-state index < -0.39 is 0 Å². The Morgan fingerprint density at radius 3 is 2.32 bits per heavy atom. The van der Waals surface area contributed by atoms with Crippen LogP contribution in [0.3, 0.4) is 0 Å². The Morgan fingerprint density at radius 2 is 1.74 bits per heavy atom. The summed E-state index contributed by atoms with van der Waals surface area (Å²) in [6.07, 6.45) is -0.147. The Kier molecular flexibility index (Phi) is 3.74. The first-order valence-electron chi connectivity index (χ1n) is 6.37. The second kappa shape index (κ2) is 5.31. The van der Waals surface area contributed by atoms with Crippen molar-refractivity contribution in [3.63, 3.8) is 0 Å². The van der Waals surface area contributed by atoms with Gasteiger partial charge in [-0.15, -0.1) is 0 Å². The summed E-state index contributed by atoms with van der Waals surface area (Å²) in [5.74, 6) is 1.00. The number of benzene rings is 1. The topological polar surface area (TPSA) is 39.4 Å². The van der Waals surface area contributed by atoms with Crippen molar-refractivity contribution in [2.75, 3.05) is 0 Å². The zero-order valence-corrected chi connectivity index (χ0v) is 11.7. The zero-order valence-electron chi connectivity index (χ0n) is 11.7. The van der Waals surface area contributed by atoms with Gasteiger partial charge < -0.3 is 9.15 Å². The average molecular weight is 258 g/mol. The normalized spacial score (nSPS) is 10.8. The van der Waals surface area contributed by atoms with Crippen LogP contribution in [0.1, 0.15) is 35.7 Å². The van der Waals surface area contributed by atoms with Crippen LogP contribution in [-0.2, 0) is 4.74 Å². The maximum absolute atomic E-state index is 12.2. The molecule has 1 aromatic carbocycles. The highest BCUT2D eigenvalue weighted by Gasteiger charge is 2.24. The number of hydrogen-bond acceptors (Lipinski definition) is 3. The molecule has 0 N–H and O–H groups in total. The minimum atomic E-state index is -0.330. The first kappa shape index (κ1) is 13.4. The Bertz CT molecular complexity index is 580. The molecular formula is C16H18O3. The van der Waals surface area contributed by atoms with Gasteiger partial charge in [0.2, 0.25) is 0 Å². The molecular weight excluding hydrogens is 240 g/mol. The van der Waals surface area contributed by atoms with Gasteiger partial charge in [0.1, 0.15) is 17.1 Å². The molecule has 0 amide bonds. The van der Waals surface area contributed by atoms with Gasteiger partial charge in [0.25, 0.3) is 0 Å². The highest BCUT2D eigenvalue weighted by molar-refractivity contribution is 5.99. The van der Waals surface area contributed by atoms with Gasteiger partial charge in [0.05, 0.1) is 6.10 Å². The van der Waals surface area contributed by atoms with Crippen LogP contribution in [0, 0.1) is 13.8 Å². The summed E-state index contributed by atoms with van der Waals surface area (Å²) in [7, 11) is 0. The molecule has 0 aliphatic heterocycles. The molecule has 19 heavy (non-hydrogen) atoms. The van der Waals surface area contributed by atoms with Gasteiger partial charge in [-0.05, 0) is 33.3 Å². The van der Waals surface area contributed by atoms with Crippen molar-refractivity contribution in [2.24, 2.45) is 0 Å². The highest BCUT2D eigenvalue weighted by Crippen LogP contribution is 2.32. The molecule has 1 heterocycles. The minimum Gasteiger partial charge on any atom is -0.465 e. The SMILES string of the molecule is Cc1oc(C)c(-c2ccccc2)c1C(=O)OC(C)C. The van der Waals surface area contributed by atoms with E-state index in [9.17, 15) is 4.79 Å². The van der Waals surface area contributed by atoms with Gasteiger partial charge in [0, 0.05) is 5.56 Å². The molecule has 0 aliphatic rings. The molecule has 1 aromatic heterocycles. The van der Waals surface area contributed by atoms with Gasteiger partial charge in [0.15, 0.2) is 0 Å². The van der Waals surface area contributed by atoms with E-state index in [1.807, 2.05) is 51.1 Å². The van der Waals surface area contributed by atoms with Crippen LogP contribution in [-0.4, -0.2) is 12.1 Å². The molecule has 0 aliphatic carbocycles. The number of ether oxygens (including phenoxy) is 1. The summed E-state index contributed by atoms with van der Waals surface area (Å²) in [6.45, 7) is 7.32. The maximum atomic E-state index is 12.2. The van der Waals surface area contributed by atoms with E-state index in [-0.39, 0.29) is 12.1 Å². The van der Waals surface area contributed by atoms with Crippen molar-refractivity contribution in [1.29, 1.82) is 0 Å². The van der Waals surface area contributed by atoms with Crippen LogP contribution in [0.25, 0.3) is 11.1 Å². The maximum Gasteiger partial charge on any atom is 0.342 e. The summed E-state index contributed by atoms with van der Waals surface area (Å²) in [4.78, 5) is 12.2. The van der Waals surface area contributed by atoms with Crippen LogP contribution in [0.15, 0.2) is 34.7 Å². The van der Waals surface area contributed by atoms with Crippen LogP contribution in [0.2, 0.25) is 0 Å². The fourth-order valence-corrected chi connectivity index (χ4v) is 2.15. The van der Waals surface area contributed by atoms with Crippen molar-refractivity contribution in [2.45, 2.75) is 33.8 Å². The van der Waals surface area contributed by atoms with Crippen molar-refractivity contribution in [1.82, 2.24) is 0 Å². The van der Waals surface area contributed by atoms with Crippen molar-refractivity contribution in [3.05, 3.63) is 47.4 Å². The van der Waals surface area contributed by atoms with Gasteiger partial charge in [-0.25, -0.2) is 4.79 Å². The van der Waals surface area contributed by atoms with E-state index in [0.717, 1.165) is 16.9 Å². The monoisotopic (exact) mass is 258 g/mol. The van der Waals surface area contributed by atoms with Crippen LogP contribution in [0.5, 0.6) is 0 Å². The summed E-state index contributed by atoms with van der Waals surface area (Å²) in [5.41, 5.74) is 2.31. The third-order valence-corrected chi connectivity index (χ3v) is 2.87. The van der Waals surface area contributed by atoms with Crippen LogP contribution in [0.4, 0.5) is 0 Å². The standard InChI is InChI=1S/C16H18O3/c1-10(2)18-16(17)15-12(4)19-11(3)14(15)13-8-6-5-7-9-13/h5-10H,1-4H3. The predicted octanol–water partition coefficient (Wildman–Crippen LogP) is 4.13. The van der Waals surface area contributed by atoms with E-state index in [2.05, 4.69) is 0 Å². The number of furan rings is 1. The number of hydrogen-bond donors (Lipinski definition) is 0. The lowest BCUT2D eigenvalue weighted by molar-refractivity contribution is 0.0377. The number of esters is 1. The molecule has 0 bridgehead atoms. The summed E-state index contributed by atoms with van der Waals surface area (Å²) in [6, 6.07) is 9.74. The molecule has 3 heteroatoms. The zero-order chi connectivity index (χ0) is 14.0. The van der Waals surface area contributed by atoms with Crippen molar-refractivity contribution in [3.8, 4) is 11.1 Å². The summed E-state index contributed by atoms with van der Waals surface area (Å²) < 4.78 is 10.9. The predicted molar refractivity (Wildman–Crippen MR) is 74.2 cm³/mol. The molecule has 0 spiro atoms. The van der Waals surface area contributed by atoms with Crippen molar-refractivity contribution >= 4 is 5.97 Å². The minimum absolute atomic E-state index is 0.147. The van der Waals surface area contributed by atoms with E-state index >= 15 is 0 Å². The van der Waals surface area contributed by atoms with Gasteiger partial charge in [-0.1, -0.05) is 30.3 Å². The van der Waals surface area contributed by atoms with Gasteiger partial charge in [-0.3, -0.25) is 0 Å². The molecule has 2 rings (SSSR count). The third-order valence-electron chi connectivity index (χ3n) is 2.87. The number of rotatable bonds is 3. The summed E-state index contributed by atoms with van der Waals surface area (Å²) >= 11 is 0. The van der Waals surface area contributed by atoms with E-state index in [1.54, 1.807) is 6.92 Å². The molecule has 0 radical (unpaired) electrons. The molecule has 0 unspecified atom stereocenters. The first-order valence-corrected chi connectivity index (χ1v) is 6.37. The van der Waals surface area contributed by atoms with Crippen LogP contribution < -0.4 is 0 Å². The molecule has 3 nitrogen and oxygen atoms in total. The molecule has 0 fully saturated rings. The van der Waals surface area contributed by atoms with E-state index in [0.29, 0.717) is 11.3 Å². The molecule has 0 saturated carbocycles. The van der Waals surface area contributed by atoms with Gasteiger partial charge in [-0.2, -0.15) is 0 Å². The first-order chi connectivity index (χ1) is 9.00. The second-order valence-corrected chi connectivity index (χ2v) is 4.78. The van der Waals surface area contributed by atoms with Gasteiger partial charge >= 0.3 is 5.97 Å². The fourth-order valence-electron chi connectivity index (χ4n) is 2.15. The summed E-state index contributed by atoms with van der Waals surface area (Å²) in [5, 5.41) is 0.